The molecule has 0 saturated heterocycles. The van der Waals surface area contributed by atoms with Crippen molar-refractivity contribution in [3.05, 3.63) is 0 Å². The molecule has 7 heavy (non-hydrogen) atoms. The van der Waals surface area contributed by atoms with Crippen LogP contribution in [0.5, 0.6) is 0 Å². The van der Waals surface area contributed by atoms with E-state index in [-0.39, 0.29) is 0 Å². The summed E-state index contributed by atoms with van der Waals surface area (Å²) in [5, 5.41) is 0. The number of nitrogens with two attached hydrogens (primary N) is 1. The maximum absolute atomic E-state index is 5.05. The molecule has 0 saturated carbocycles. The van der Waals surface area contributed by atoms with Gasteiger partial charge in [0.25, 0.3) is 0 Å². The van der Waals surface area contributed by atoms with E-state index in [9.17, 15) is 0 Å². The zero-order valence-corrected chi connectivity index (χ0v) is 4.15. The van der Waals surface area contributed by atoms with E-state index in [4.69, 9.17) is 5.84 Å². The molecule has 1 aliphatic heterocycles. The van der Waals surface area contributed by atoms with Crippen LogP contribution in [0.1, 0.15) is 12.8 Å². The van der Waals surface area contributed by atoms with Crippen LogP contribution in [-0.4, -0.2) is 12.4 Å². The maximum atomic E-state index is 5.05. The second-order valence-corrected chi connectivity index (χ2v) is 1.58. The van der Waals surface area contributed by atoms with E-state index in [1.54, 1.807) is 0 Å². The lowest BCUT2D eigenvalue weighted by atomic mass is 10.3. The van der Waals surface area contributed by atoms with Crippen molar-refractivity contribution in [1.82, 2.24) is 5.43 Å². The minimum absolute atomic E-state index is 0.944. The fraction of sp³-hybridized carbons (Fsp3) is 0.750. The Balaban J connectivity index is 2.36. The Labute approximate surface area is 42.6 Å². The van der Waals surface area contributed by atoms with Crippen molar-refractivity contribution < 1.29 is 0 Å². The van der Waals surface area contributed by atoms with E-state index in [0.717, 1.165) is 25.2 Å². The highest BCUT2D eigenvalue weighted by Gasteiger charge is 2.01. The molecular formula is C4H9N3. The lowest BCUT2D eigenvalue weighted by molar-refractivity contribution is 0.935. The van der Waals surface area contributed by atoms with Crippen LogP contribution in [0.2, 0.25) is 0 Å². The molecule has 0 amide bonds. The molecule has 0 atom stereocenters. The molecule has 0 aliphatic carbocycles. The molecular weight excluding hydrogens is 90.1 g/mol. The third-order valence-corrected chi connectivity index (χ3v) is 1.04. The van der Waals surface area contributed by atoms with Gasteiger partial charge in [-0.05, 0) is 6.42 Å². The van der Waals surface area contributed by atoms with Gasteiger partial charge in [0, 0.05) is 13.0 Å². The molecule has 0 spiro atoms. The highest BCUT2D eigenvalue weighted by atomic mass is 15.3. The summed E-state index contributed by atoms with van der Waals surface area (Å²) in [6.45, 7) is 0.944. The van der Waals surface area contributed by atoms with Crippen LogP contribution in [-0.2, 0) is 0 Å². The normalized spacial score (nSPS) is 19.3. The van der Waals surface area contributed by atoms with Crippen LogP contribution in [0.4, 0.5) is 0 Å². The maximum Gasteiger partial charge on any atom is 0.110 e. The van der Waals surface area contributed by atoms with Gasteiger partial charge in [0.05, 0.1) is 0 Å². The van der Waals surface area contributed by atoms with Crippen molar-refractivity contribution in [2.75, 3.05) is 6.54 Å². The van der Waals surface area contributed by atoms with Crippen LogP contribution < -0.4 is 11.3 Å². The summed E-state index contributed by atoms with van der Waals surface area (Å²) >= 11 is 0. The zero-order chi connectivity index (χ0) is 5.11. The average Bonchev–Trinajstić information content (AvgIpc) is 2.14. The van der Waals surface area contributed by atoms with Gasteiger partial charge in [-0.25, -0.2) is 5.84 Å². The van der Waals surface area contributed by atoms with E-state index in [0.29, 0.717) is 0 Å². The van der Waals surface area contributed by atoms with Crippen molar-refractivity contribution in [3.63, 3.8) is 0 Å². The molecule has 40 valence electrons. The lowest BCUT2D eigenvalue weighted by Gasteiger charge is -1.91. The molecule has 0 fully saturated rings. The predicted molar refractivity (Wildman–Crippen MR) is 28.9 cm³/mol. The highest BCUT2D eigenvalue weighted by Crippen LogP contribution is 1.98. The Morgan fingerprint density at radius 3 is 2.86 bits per heavy atom. The molecule has 1 rings (SSSR count). The van der Waals surface area contributed by atoms with Crippen LogP contribution in [0.25, 0.3) is 0 Å². The largest absolute Gasteiger partial charge is 0.312 e. The third-order valence-electron chi connectivity index (χ3n) is 1.04. The first kappa shape index (κ1) is 4.59. The fourth-order valence-corrected chi connectivity index (χ4v) is 0.657. The second kappa shape index (κ2) is 1.93. The Morgan fingerprint density at radius 2 is 2.57 bits per heavy atom. The quantitative estimate of drug-likeness (QED) is 0.322. The fourth-order valence-electron chi connectivity index (χ4n) is 0.657. The average molecular weight is 99.1 g/mol. The number of nitrogens with one attached hydrogen (secondary N) is 1. The van der Waals surface area contributed by atoms with Crippen molar-refractivity contribution >= 4 is 5.84 Å². The molecule has 3 N–H and O–H groups in total. The lowest BCUT2D eigenvalue weighted by Crippen LogP contribution is -2.28. The Morgan fingerprint density at radius 1 is 1.71 bits per heavy atom. The van der Waals surface area contributed by atoms with Gasteiger partial charge < -0.3 is 5.43 Å². The molecule has 1 heterocycles. The summed E-state index contributed by atoms with van der Waals surface area (Å²) in [4.78, 5) is 4.03. The van der Waals surface area contributed by atoms with Gasteiger partial charge in [-0.15, -0.1) is 0 Å². The van der Waals surface area contributed by atoms with Crippen molar-refractivity contribution in [1.29, 1.82) is 0 Å². The van der Waals surface area contributed by atoms with Gasteiger partial charge >= 0.3 is 0 Å². The van der Waals surface area contributed by atoms with Gasteiger partial charge in [0.15, 0.2) is 0 Å². The smallest absolute Gasteiger partial charge is 0.110 e. The van der Waals surface area contributed by atoms with Gasteiger partial charge in [-0.1, -0.05) is 0 Å². The van der Waals surface area contributed by atoms with E-state index in [2.05, 4.69) is 10.4 Å². The van der Waals surface area contributed by atoms with Crippen LogP contribution in [0, 0.1) is 0 Å². The van der Waals surface area contributed by atoms with E-state index in [1.807, 2.05) is 0 Å². The molecule has 0 radical (unpaired) electrons. The molecule has 3 heteroatoms. The molecule has 0 aromatic carbocycles. The Hall–Kier alpha value is -0.570. The summed E-state index contributed by atoms with van der Waals surface area (Å²) in [5.41, 5.74) is 2.51. The van der Waals surface area contributed by atoms with Crippen LogP contribution in [0.15, 0.2) is 4.99 Å². The number of nitrogens with zero attached hydrogens (tertiary/aromatic N) is 1. The number of hydrogen-bond donors (Lipinski definition) is 2. The number of rotatable bonds is 0. The van der Waals surface area contributed by atoms with Gasteiger partial charge in [0.2, 0.25) is 0 Å². The van der Waals surface area contributed by atoms with Crippen molar-refractivity contribution in [3.8, 4) is 0 Å². The van der Waals surface area contributed by atoms with Gasteiger partial charge in [-0.3, -0.25) is 4.99 Å². The van der Waals surface area contributed by atoms with Gasteiger partial charge in [-0.2, -0.15) is 0 Å². The zero-order valence-electron chi connectivity index (χ0n) is 4.15. The minimum atomic E-state index is 0.944. The monoisotopic (exact) mass is 99.1 g/mol. The Bertz CT molecular complexity index is 86.9. The molecule has 0 aromatic heterocycles. The summed E-state index contributed by atoms with van der Waals surface area (Å²) < 4.78 is 0. The van der Waals surface area contributed by atoms with Crippen molar-refractivity contribution in [2.45, 2.75) is 12.8 Å². The second-order valence-electron chi connectivity index (χ2n) is 1.58. The predicted octanol–water partition coefficient (Wildman–Crippen LogP) is -0.358. The highest BCUT2D eigenvalue weighted by molar-refractivity contribution is 5.82. The topological polar surface area (TPSA) is 50.4 Å². The van der Waals surface area contributed by atoms with Gasteiger partial charge in [0.1, 0.15) is 5.84 Å². The van der Waals surface area contributed by atoms with E-state index >= 15 is 0 Å². The standard InChI is InChI=1S/C4H9N3/c5-7-4-2-1-3-6-4/h1-3,5H2,(H,6,7). The van der Waals surface area contributed by atoms with Crippen LogP contribution in [0.3, 0.4) is 0 Å². The summed E-state index contributed by atoms with van der Waals surface area (Å²) in [7, 11) is 0. The molecule has 3 nitrogen and oxygen atoms in total. The Kier molecular flexibility index (Phi) is 1.26. The first-order chi connectivity index (χ1) is 3.43. The van der Waals surface area contributed by atoms with Crippen molar-refractivity contribution in [2.24, 2.45) is 10.8 Å². The first-order valence-corrected chi connectivity index (χ1v) is 2.43. The molecule has 1 aliphatic rings. The number of amidine groups is 1. The van der Waals surface area contributed by atoms with E-state index < -0.39 is 0 Å². The number of hydrazine groups is 1. The molecule has 0 unspecified atom stereocenters. The summed E-state index contributed by atoms with van der Waals surface area (Å²) in [5.74, 6) is 6.00. The summed E-state index contributed by atoms with van der Waals surface area (Å²) in [6, 6.07) is 0. The minimum Gasteiger partial charge on any atom is -0.312 e. The number of aliphatic imine (C=N–C) groups is 1. The number of hydrogen-bond acceptors (Lipinski definition) is 3. The molecule has 0 bridgehead atoms. The summed E-state index contributed by atoms with van der Waals surface area (Å²) in [6.07, 6.45) is 2.18. The van der Waals surface area contributed by atoms with Crippen LogP contribution >= 0.6 is 0 Å². The SMILES string of the molecule is NNC1=NCCC1. The van der Waals surface area contributed by atoms with E-state index in [1.165, 1.54) is 0 Å². The first-order valence-electron chi connectivity index (χ1n) is 2.43. The molecule has 0 aromatic rings. The third kappa shape index (κ3) is 0.899.